The van der Waals surface area contributed by atoms with Gasteiger partial charge in [0, 0.05) is 15.4 Å². The summed E-state index contributed by atoms with van der Waals surface area (Å²) in [5, 5.41) is 0.665. The van der Waals surface area contributed by atoms with Crippen LogP contribution in [-0.4, -0.2) is 5.33 Å². The van der Waals surface area contributed by atoms with Crippen LogP contribution in [0.25, 0.3) is 0 Å². The summed E-state index contributed by atoms with van der Waals surface area (Å²) >= 11 is 6.87. The Balaban J connectivity index is 2.06. The standard InChI is InChI=1S/C15H13Br2FO/c16-9-15(11-5-3-6-13(17)8-11)19-10-12-4-1-2-7-14(12)18/h1-8,15H,9-10H2. The van der Waals surface area contributed by atoms with Crippen molar-refractivity contribution in [2.75, 3.05) is 5.33 Å². The number of hydrogen-bond acceptors (Lipinski definition) is 1. The summed E-state index contributed by atoms with van der Waals surface area (Å²) < 4.78 is 20.3. The Hall–Kier alpha value is -0.710. The summed E-state index contributed by atoms with van der Waals surface area (Å²) in [5.41, 5.74) is 1.63. The minimum Gasteiger partial charge on any atom is -0.368 e. The lowest BCUT2D eigenvalue weighted by Gasteiger charge is -2.16. The molecular formula is C15H13Br2FO. The number of hydrogen-bond donors (Lipinski definition) is 0. The number of rotatable bonds is 5. The Morgan fingerprint density at radius 3 is 2.58 bits per heavy atom. The summed E-state index contributed by atoms with van der Waals surface area (Å²) in [6.07, 6.45) is -0.0999. The molecule has 100 valence electrons. The molecular weight excluding hydrogens is 375 g/mol. The zero-order chi connectivity index (χ0) is 13.7. The van der Waals surface area contributed by atoms with Crippen LogP contribution in [0.5, 0.6) is 0 Å². The summed E-state index contributed by atoms with van der Waals surface area (Å²) in [6.45, 7) is 0.259. The highest BCUT2D eigenvalue weighted by molar-refractivity contribution is 9.10. The Bertz CT molecular complexity index is 545. The van der Waals surface area contributed by atoms with Crippen molar-refractivity contribution in [1.29, 1.82) is 0 Å². The van der Waals surface area contributed by atoms with Crippen LogP contribution in [0, 0.1) is 5.82 Å². The van der Waals surface area contributed by atoms with Gasteiger partial charge in [-0.15, -0.1) is 0 Å². The second-order valence-corrected chi connectivity index (χ2v) is 5.66. The zero-order valence-corrected chi connectivity index (χ0v) is 13.3. The van der Waals surface area contributed by atoms with Crippen LogP contribution in [0.2, 0.25) is 0 Å². The van der Waals surface area contributed by atoms with Crippen LogP contribution >= 0.6 is 31.9 Å². The van der Waals surface area contributed by atoms with E-state index in [2.05, 4.69) is 31.9 Å². The molecule has 0 radical (unpaired) electrons. The zero-order valence-electron chi connectivity index (χ0n) is 10.2. The van der Waals surface area contributed by atoms with E-state index in [0.717, 1.165) is 10.0 Å². The molecule has 2 aromatic rings. The largest absolute Gasteiger partial charge is 0.368 e. The molecule has 0 aliphatic rings. The molecule has 0 heterocycles. The summed E-state index contributed by atoms with van der Waals surface area (Å²) in [6, 6.07) is 14.6. The maximum Gasteiger partial charge on any atom is 0.128 e. The van der Waals surface area contributed by atoms with Gasteiger partial charge in [-0.2, -0.15) is 0 Å². The lowest BCUT2D eigenvalue weighted by Crippen LogP contribution is -2.06. The van der Waals surface area contributed by atoms with Crippen LogP contribution < -0.4 is 0 Å². The van der Waals surface area contributed by atoms with Gasteiger partial charge in [0.05, 0.1) is 12.7 Å². The Kier molecular flexibility index (Phi) is 5.55. The molecule has 0 aliphatic carbocycles. The highest BCUT2D eigenvalue weighted by atomic mass is 79.9. The fraction of sp³-hybridized carbons (Fsp3) is 0.200. The topological polar surface area (TPSA) is 9.23 Å². The third kappa shape index (κ3) is 4.13. The SMILES string of the molecule is Fc1ccccc1COC(CBr)c1cccc(Br)c1. The first-order valence-corrected chi connectivity index (χ1v) is 7.78. The maximum atomic E-state index is 13.5. The van der Waals surface area contributed by atoms with Gasteiger partial charge in [0.2, 0.25) is 0 Å². The van der Waals surface area contributed by atoms with Crippen molar-refractivity contribution in [2.24, 2.45) is 0 Å². The molecule has 19 heavy (non-hydrogen) atoms. The minimum atomic E-state index is -0.231. The van der Waals surface area contributed by atoms with Crippen molar-refractivity contribution in [3.05, 3.63) is 69.9 Å². The van der Waals surface area contributed by atoms with Crippen molar-refractivity contribution in [2.45, 2.75) is 12.7 Å². The predicted octanol–water partition coefficient (Wildman–Crippen LogP) is 5.24. The van der Waals surface area contributed by atoms with Crippen molar-refractivity contribution >= 4 is 31.9 Å². The molecule has 0 N–H and O–H groups in total. The van der Waals surface area contributed by atoms with E-state index in [4.69, 9.17) is 4.74 Å². The highest BCUT2D eigenvalue weighted by Gasteiger charge is 2.12. The number of ether oxygens (including phenoxy) is 1. The minimum absolute atomic E-state index is 0.0999. The van der Waals surface area contributed by atoms with Crippen LogP contribution in [0.4, 0.5) is 4.39 Å². The van der Waals surface area contributed by atoms with Crippen molar-refractivity contribution < 1.29 is 9.13 Å². The monoisotopic (exact) mass is 386 g/mol. The first kappa shape index (κ1) is 14.7. The molecule has 2 rings (SSSR count). The van der Waals surface area contributed by atoms with Gasteiger partial charge in [-0.1, -0.05) is 62.2 Å². The van der Waals surface area contributed by atoms with E-state index in [1.54, 1.807) is 12.1 Å². The van der Waals surface area contributed by atoms with Gasteiger partial charge in [0.1, 0.15) is 5.82 Å². The lowest BCUT2D eigenvalue weighted by atomic mass is 10.1. The van der Waals surface area contributed by atoms with E-state index < -0.39 is 0 Å². The quantitative estimate of drug-likeness (QED) is 0.637. The summed E-state index contributed by atoms with van der Waals surface area (Å²) in [5.74, 6) is -0.231. The first-order valence-electron chi connectivity index (χ1n) is 5.87. The van der Waals surface area contributed by atoms with E-state index >= 15 is 0 Å². The second-order valence-electron chi connectivity index (χ2n) is 4.10. The van der Waals surface area contributed by atoms with Gasteiger partial charge < -0.3 is 4.74 Å². The maximum absolute atomic E-state index is 13.5. The summed E-state index contributed by atoms with van der Waals surface area (Å²) in [7, 11) is 0. The predicted molar refractivity (Wildman–Crippen MR) is 81.9 cm³/mol. The first-order chi connectivity index (χ1) is 9.20. The van der Waals surface area contributed by atoms with E-state index in [9.17, 15) is 4.39 Å². The third-order valence-electron chi connectivity index (χ3n) is 2.76. The van der Waals surface area contributed by atoms with Gasteiger partial charge in [0.15, 0.2) is 0 Å². The number of benzene rings is 2. The van der Waals surface area contributed by atoms with Crippen LogP contribution in [-0.2, 0) is 11.3 Å². The van der Waals surface area contributed by atoms with Gasteiger partial charge in [-0.05, 0) is 23.8 Å². The molecule has 4 heteroatoms. The molecule has 1 nitrogen and oxygen atoms in total. The second kappa shape index (κ2) is 7.17. The van der Waals surface area contributed by atoms with Crippen LogP contribution in [0.15, 0.2) is 53.0 Å². The van der Waals surface area contributed by atoms with Crippen molar-refractivity contribution in [1.82, 2.24) is 0 Å². The molecule has 0 amide bonds. The molecule has 1 unspecified atom stereocenters. The third-order valence-corrected chi connectivity index (χ3v) is 3.84. The fourth-order valence-electron chi connectivity index (χ4n) is 1.74. The van der Waals surface area contributed by atoms with Gasteiger partial charge in [0.25, 0.3) is 0 Å². The van der Waals surface area contributed by atoms with E-state index in [-0.39, 0.29) is 18.5 Å². The smallest absolute Gasteiger partial charge is 0.128 e. The Morgan fingerprint density at radius 2 is 1.89 bits per heavy atom. The highest BCUT2D eigenvalue weighted by Crippen LogP contribution is 2.24. The van der Waals surface area contributed by atoms with Crippen LogP contribution in [0.1, 0.15) is 17.2 Å². The van der Waals surface area contributed by atoms with E-state index in [0.29, 0.717) is 10.9 Å². The lowest BCUT2D eigenvalue weighted by molar-refractivity contribution is 0.0548. The number of halogens is 3. The Labute approximate surface area is 129 Å². The van der Waals surface area contributed by atoms with Crippen molar-refractivity contribution in [3.8, 4) is 0 Å². The van der Waals surface area contributed by atoms with Gasteiger partial charge in [-0.25, -0.2) is 4.39 Å². The molecule has 0 bridgehead atoms. The Morgan fingerprint density at radius 1 is 1.11 bits per heavy atom. The van der Waals surface area contributed by atoms with Crippen molar-refractivity contribution in [3.63, 3.8) is 0 Å². The molecule has 1 atom stereocenters. The average molecular weight is 388 g/mol. The summed E-state index contributed by atoms with van der Waals surface area (Å²) in [4.78, 5) is 0. The van der Waals surface area contributed by atoms with Gasteiger partial charge in [-0.3, -0.25) is 0 Å². The molecule has 0 spiro atoms. The van der Waals surface area contributed by atoms with E-state index in [1.165, 1.54) is 6.07 Å². The average Bonchev–Trinajstić information content (AvgIpc) is 2.41. The molecule has 0 saturated carbocycles. The molecule has 0 aliphatic heterocycles. The fourth-order valence-corrected chi connectivity index (χ4v) is 2.72. The normalized spacial score (nSPS) is 12.4. The van der Waals surface area contributed by atoms with Crippen LogP contribution in [0.3, 0.4) is 0 Å². The van der Waals surface area contributed by atoms with E-state index in [1.807, 2.05) is 30.3 Å². The molecule has 0 aromatic heterocycles. The molecule has 0 saturated heterocycles. The number of alkyl halides is 1. The van der Waals surface area contributed by atoms with Gasteiger partial charge >= 0.3 is 0 Å². The molecule has 2 aromatic carbocycles. The molecule has 0 fully saturated rings.